The second-order valence-electron chi connectivity index (χ2n) is 4.59. The van der Waals surface area contributed by atoms with Crippen molar-refractivity contribution in [2.75, 3.05) is 14.2 Å². The summed E-state index contributed by atoms with van der Waals surface area (Å²) < 4.78 is 16.1. The first kappa shape index (κ1) is 14.4. The molecular weight excluding hydrogens is 256 g/mol. The number of aryl methyl sites for hydroxylation is 1. The maximum absolute atomic E-state index is 5.50. The third-order valence-corrected chi connectivity index (χ3v) is 3.10. The Morgan fingerprint density at radius 2 is 2.10 bits per heavy atom. The highest BCUT2D eigenvalue weighted by molar-refractivity contribution is 5.40. The van der Waals surface area contributed by atoms with Gasteiger partial charge in [-0.15, -0.1) is 0 Å². The van der Waals surface area contributed by atoms with Crippen LogP contribution in [-0.4, -0.2) is 19.2 Å². The average Bonchev–Trinajstić information content (AvgIpc) is 2.91. The lowest BCUT2D eigenvalue weighted by Gasteiger charge is -2.13. The summed E-state index contributed by atoms with van der Waals surface area (Å²) >= 11 is 0. The van der Waals surface area contributed by atoms with Crippen LogP contribution < -0.4 is 14.8 Å². The largest absolute Gasteiger partial charge is 0.497 e. The molecule has 108 valence electrons. The molecule has 2 aromatic rings. The molecule has 0 saturated carbocycles. The van der Waals surface area contributed by atoms with Crippen molar-refractivity contribution in [3.63, 3.8) is 0 Å². The molecule has 1 heterocycles. The molecule has 0 aliphatic carbocycles. The summed E-state index contributed by atoms with van der Waals surface area (Å²) in [7, 11) is 3.29. The molecule has 1 N–H and O–H groups in total. The highest BCUT2D eigenvalue weighted by atomic mass is 16.5. The number of hydrogen-bond donors (Lipinski definition) is 1. The number of ether oxygens (including phenoxy) is 2. The average molecular weight is 276 g/mol. The number of oxazole rings is 1. The van der Waals surface area contributed by atoms with E-state index in [0.717, 1.165) is 22.8 Å². The van der Waals surface area contributed by atoms with Gasteiger partial charge in [0.15, 0.2) is 0 Å². The normalized spacial score (nSPS) is 12.2. The summed E-state index contributed by atoms with van der Waals surface area (Å²) in [5, 5.41) is 3.36. The van der Waals surface area contributed by atoms with Gasteiger partial charge in [-0.25, -0.2) is 4.98 Å². The van der Waals surface area contributed by atoms with Crippen LogP contribution >= 0.6 is 0 Å². The highest BCUT2D eigenvalue weighted by Gasteiger charge is 2.12. The molecule has 0 bridgehead atoms. The summed E-state index contributed by atoms with van der Waals surface area (Å²) in [5.74, 6) is 3.08. The first-order chi connectivity index (χ1) is 9.63. The van der Waals surface area contributed by atoms with Crippen LogP contribution in [-0.2, 0) is 6.54 Å². The number of nitrogens with zero attached hydrogens (tertiary/aromatic N) is 1. The predicted molar refractivity (Wildman–Crippen MR) is 76.0 cm³/mol. The SMILES string of the molecule is COc1ccc(CNC(C)c2ncc(C)o2)c(OC)c1. The topological polar surface area (TPSA) is 56.5 Å². The molecule has 1 atom stereocenters. The fraction of sp³-hybridized carbons (Fsp3) is 0.400. The third kappa shape index (κ3) is 3.30. The Balaban J connectivity index is 2.03. The molecule has 5 heteroatoms. The van der Waals surface area contributed by atoms with E-state index in [2.05, 4.69) is 10.3 Å². The lowest BCUT2D eigenvalue weighted by molar-refractivity contribution is 0.381. The van der Waals surface area contributed by atoms with E-state index in [4.69, 9.17) is 13.9 Å². The van der Waals surface area contributed by atoms with Crippen LogP contribution in [0.2, 0.25) is 0 Å². The van der Waals surface area contributed by atoms with Crippen molar-refractivity contribution in [2.45, 2.75) is 26.4 Å². The first-order valence-corrected chi connectivity index (χ1v) is 6.50. The lowest BCUT2D eigenvalue weighted by atomic mass is 10.1. The van der Waals surface area contributed by atoms with E-state index >= 15 is 0 Å². The van der Waals surface area contributed by atoms with E-state index in [1.165, 1.54) is 0 Å². The first-order valence-electron chi connectivity index (χ1n) is 6.50. The van der Waals surface area contributed by atoms with Crippen molar-refractivity contribution in [3.05, 3.63) is 41.6 Å². The van der Waals surface area contributed by atoms with Gasteiger partial charge in [-0.05, 0) is 19.9 Å². The van der Waals surface area contributed by atoms with Gasteiger partial charge in [0.25, 0.3) is 0 Å². The maximum Gasteiger partial charge on any atom is 0.211 e. The van der Waals surface area contributed by atoms with Crippen molar-refractivity contribution in [1.29, 1.82) is 0 Å². The molecule has 20 heavy (non-hydrogen) atoms. The van der Waals surface area contributed by atoms with Gasteiger partial charge in [0.2, 0.25) is 5.89 Å². The van der Waals surface area contributed by atoms with Crippen molar-refractivity contribution in [1.82, 2.24) is 10.3 Å². The number of benzene rings is 1. The summed E-state index contributed by atoms with van der Waals surface area (Å²) in [6.07, 6.45) is 1.72. The summed E-state index contributed by atoms with van der Waals surface area (Å²) in [6.45, 7) is 4.56. The second-order valence-corrected chi connectivity index (χ2v) is 4.59. The monoisotopic (exact) mass is 276 g/mol. The minimum atomic E-state index is 0.0375. The van der Waals surface area contributed by atoms with Crippen molar-refractivity contribution >= 4 is 0 Å². The second kappa shape index (κ2) is 6.43. The highest BCUT2D eigenvalue weighted by Crippen LogP contribution is 2.25. The minimum Gasteiger partial charge on any atom is -0.497 e. The molecule has 1 unspecified atom stereocenters. The van der Waals surface area contributed by atoms with Crippen LogP contribution in [0.25, 0.3) is 0 Å². The summed E-state index contributed by atoms with van der Waals surface area (Å²) in [4.78, 5) is 4.22. The zero-order valence-corrected chi connectivity index (χ0v) is 12.3. The molecule has 0 radical (unpaired) electrons. The summed E-state index contributed by atoms with van der Waals surface area (Å²) in [5.41, 5.74) is 1.06. The molecule has 0 amide bonds. The van der Waals surface area contributed by atoms with E-state index in [9.17, 15) is 0 Å². The van der Waals surface area contributed by atoms with Crippen LogP contribution in [0.3, 0.4) is 0 Å². The van der Waals surface area contributed by atoms with Gasteiger partial charge in [0.05, 0.1) is 26.5 Å². The number of hydrogen-bond acceptors (Lipinski definition) is 5. The zero-order valence-electron chi connectivity index (χ0n) is 12.3. The maximum atomic E-state index is 5.50. The quantitative estimate of drug-likeness (QED) is 0.879. The number of rotatable bonds is 6. The minimum absolute atomic E-state index is 0.0375. The fourth-order valence-corrected chi connectivity index (χ4v) is 1.92. The Morgan fingerprint density at radius 3 is 2.70 bits per heavy atom. The van der Waals surface area contributed by atoms with Crippen LogP contribution in [0, 0.1) is 6.92 Å². The Labute approximate surface area is 118 Å². The Hall–Kier alpha value is -2.01. The lowest BCUT2D eigenvalue weighted by Crippen LogP contribution is -2.18. The Bertz CT molecular complexity index is 566. The van der Waals surface area contributed by atoms with Crippen LogP contribution in [0.1, 0.15) is 30.2 Å². The standard InChI is InChI=1S/C15H20N2O3/c1-10-8-17-15(20-10)11(2)16-9-12-5-6-13(18-3)7-14(12)19-4/h5-8,11,16H,9H2,1-4H3. The van der Waals surface area contributed by atoms with E-state index in [0.29, 0.717) is 12.4 Å². The van der Waals surface area contributed by atoms with Gasteiger partial charge in [-0.2, -0.15) is 0 Å². The molecule has 2 rings (SSSR count). The molecule has 5 nitrogen and oxygen atoms in total. The molecule has 0 aliphatic rings. The van der Waals surface area contributed by atoms with Gasteiger partial charge in [0.1, 0.15) is 17.3 Å². The molecule has 1 aromatic carbocycles. The molecule has 0 fully saturated rings. The summed E-state index contributed by atoms with van der Waals surface area (Å²) in [6, 6.07) is 5.81. The predicted octanol–water partition coefficient (Wildman–Crippen LogP) is 2.85. The Morgan fingerprint density at radius 1 is 1.30 bits per heavy atom. The van der Waals surface area contributed by atoms with E-state index in [-0.39, 0.29) is 6.04 Å². The van der Waals surface area contributed by atoms with Gasteiger partial charge in [-0.3, -0.25) is 0 Å². The van der Waals surface area contributed by atoms with E-state index < -0.39 is 0 Å². The number of aromatic nitrogens is 1. The van der Waals surface area contributed by atoms with Crippen molar-refractivity contribution in [3.8, 4) is 11.5 Å². The van der Waals surface area contributed by atoms with E-state index in [1.54, 1.807) is 20.4 Å². The van der Waals surface area contributed by atoms with Crippen molar-refractivity contribution < 1.29 is 13.9 Å². The van der Waals surface area contributed by atoms with E-state index in [1.807, 2.05) is 32.0 Å². The van der Waals surface area contributed by atoms with Crippen molar-refractivity contribution in [2.24, 2.45) is 0 Å². The van der Waals surface area contributed by atoms with Gasteiger partial charge < -0.3 is 19.2 Å². The van der Waals surface area contributed by atoms with Crippen LogP contribution in [0.15, 0.2) is 28.8 Å². The van der Waals surface area contributed by atoms with Crippen LogP contribution in [0.4, 0.5) is 0 Å². The van der Waals surface area contributed by atoms with Gasteiger partial charge in [-0.1, -0.05) is 6.07 Å². The van der Waals surface area contributed by atoms with Gasteiger partial charge >= 0.3 is 0 Å². The third-order valence-electron chi connectivity index (χ3n) is 3.10. The fourth-order valence-electron chi connectivity index (χ4n) is 1.92. The van der Waals surface area contributed by atoms with Crippen LogP contribution in [0.5, 0.6) is 11.5 Å². The molecule has 0 spiro atoms. The molecule has 1 aromatic heterocycles. The smallest absolute Gasteiger partial charge is 0.211 e. The van der Waals surface area contributed by atoms with Gasteiger partial charge in [0, 0.05) is 18.2 Å². The number of nitrogens with one attached hydrogen (secondary N) is 1. The number of methoxy groups -OCH3 is 2. The zero-order chi connectivity index (χ0) is 14.5. The molecular formula is C15H20N2O3. The molecule has 0 aliphatic heterocycles. The Kier molecular flexibility index (Phi) is 4.63. The molecule has 0 saturated heterocycles.